The van der Waals surface area contributed by atoms with Crippen molar-refractivity contribution < 1.29 is 9.84 Å². The van der Waals surface area contributed by atoms with Crippen molar-refractivity contribution in [3.63, 3.8) is 0 Å². The van der Waals surface area contributed by atoms with Gasteiger partial charge in [-0.2, -0.15) is 0 Å². The van der Waals surface area contributed by atoms with Gasteiger partial charge in [0.15, 0.2) is 0 Å². The first-order chi connectivity index (χ1) is 7.12. The lowest BCUT2D eigenvalue weighted by Gasteiger charge is -2.47. The van der Waals surface area contributed by atoms with Crippen LogP contribution >= 0.6 is 0 Å². The summed E-state index contributed by atoms with van der Waals surface area (Å²) in [5.74, 6) is 0. The van der Waals surface area contributed by atoms with Gasteiger partial charge in [-0.15, -0.1) is 0 Å². The van der Waals surface area contributed by atoms with Gasteiger partial charge in [0.25, 0.3) is 0 Å². The lowest BCUT2D eigenvalue weighted by atomic mass is 9.61. The SMILES string of the molecule is CCC(O)(CC)C1(CN)CC2CCC1O2. The third-order valence-corrected chi connectivity index (χ3v) is 4.78. The minimum atomic E-state index is -0.637. The van der Waals surface area contributed by atoms with Crippen LogP contribution in [0.3, 0.4) is 0 Å². The highest BCUT2D eigenvalue weighted by molar-refractivity contribution is 5.10. The van der Waals surface area contributed by atoms with Crippen LogP contribution in [-0.4, -0.2) is 29.5 Å². The molecule has 0 aliphatic carbocycles. The Labute approximate surface area is 92.0 Å². The molecular weight excluding hydrogens is 190 g/mol. The summed E-state index contributed by atoms with van der Waals surface area (Å²) in [6.07, 6.45) is 5.26. The molecule has 88 valence electrons. The highest BCUT2D eigenvalue weighted by Gasteiger charge is 2.60. The molecule has 0 saturated carbocycles. The summed E-state index contributed by atoms with van der Waals surface area (Å²) < 4.78 is 5.89. The lowest BCUT2D eigenvalue weighted by Crippen LogP contribution is -2.57. The largest absolute Gasteiger partial charge is 0.389 e. The Morgan fingerprint density at radius 2 is 2.07 bits per heavy atom. The van der Waals surface area contributed by atoms with Gasteiger partial charge in [0.2, 0.25) is 0 Å². The standard InChI is InChI=1S/C12H23NO2/c1-3-12(14,4-2)11(8-13)7-9-5-6-10(11)15-9/h9-10,14H,3-8,13H2,1-2H3. The molecule has 3 atom stereocenters. The first kappa shape index (κ1) is 11.4. The highest BCUT2D eigenvalue weighted by atomic mass is 16.5. The van der Waals surface area contributed by atoms with E-state index in [1.165, 1.54) is 0 Å². The van der Waals surface area contributed by atoms with Crippen molar-refractivity contribution in [3.05, 3.63) is 0 Å². The van der Waals surface area contributed by atoms with E-state index in [0.717, 1.165) is 32.1 Å². The second-order valence-corrected chi connectivity index (χ2v) is 5.13. The van der Waals surface area contributed by atoms with Crippen molar-refractivity contribution in [1.29, 1.82) is 0 Å². The molecule has 0 amide bonds. The summed E-state index contributed by atoms with van der Waals surface area (Å²) in [4.78, 5) is 0. The molecule has 3 nitrogen and oxygen atoms in total. The summed E-state index contributed by atoms with van der Waals surface area (Å²) in [5, 5.41) is 10.7. The van der Waals surface area contributed by atoms with Gasteiger partial charge in [0.1, 0.15) is 0 Å². The summed E-state index contributed by atoms with van der Waals surface area (Å²) in [6.45, 7) is 4.64. The van der Waals surface area contributed by atoms with Crippen molar-refractivity contribution >= 4 is 0 Å². The molecule has 2 saturated heterocycles. The number of nitrogens with two attached hydrogens (primary N) is 1. The highest BCUT2D eigenvalue weighted by Crippen LogP contribution is 2.54. The predicted octanol–water partition coefficient (Wildman–Crippen LogP) is 1.43. The molecule has 2 aliphatic rings. The van der Waals surface area contributed by atoms with E-state index in [-0.39, 0.29) is 11.5 Å². The zero-order valence-electron chi connectivity index (χ0n) is 9.83. The topological polar surface area (TPSA) is 55.5 Å². The number of hydrogen-bond donors (Lipinski definition) is 2. The average molecular weight is 213 g/mol. The van der Waals surface area contributed by atoms with Crippen LogP contribution in [0.5, 0.6) is 0 Å². The number of rotatable bonds is 4. The summed E-state index contributed by atoms with van der Waals surface area (Å²) >= 11 is 0. The molecule has 0 aromatic rings. The zero-order valence-corrected chi connectivity index (χ0v) is 9.83. The Balaban J connectivity index is 2.29. The maximum absolute atomic E-state index is 10.7. The van der Waals surface area contributed by atoms with E-state index < -0.39 is 5.60 Å². The summed E-state index contributed by atoms with van der Waals surface area (Å²) in [7, 11) is 0. The molecular formula is C12H23NO2. The van der Waals surface area contributed by atoms with E-state index in [1.807, 2.05) is 13.8 Å². The van der Waals surface area contributed by atoms with Gasteiger partial charge in [-0.1, -0.05) is 13.8 Å². The molecule has 2 rings (SSSR count). The fourth-order valence-electron chi connectivity index (χ4n) is 3.65. The molecule has 2 fully saturated rings. The number of fused-ring (bicyclic) bond motifs is 2. The molecule has 2 aliphatic heterocycles. The molecule has 3 heteroatoms. The molecule has 2 bridgehead atoms. The minimum Gasteiger partial charge on any atom is -0.389 e. The monoisotopic (exact) mass is 213 g/mol. The van der Waals surface area contributed by atoms with Crippen molar-refractivity contribution in [2.45, 2.75) is 63.8 Å². The van der Waals surface area contributed by atoms with Gasteiger partial charge in [0.05, 0.1) is 17.8 Å². The second kappa shape index (κ2) is 3.72. The van der Waals surface area contributed by atoms with E-state index in [9.17, 15) is 5.11 Å². The van der Waals surface area contributed by atoms with Crippen molar-refractivity contribution in [1.82, 2.24) is 0 Å². The second-order valence-electron chi connectivity index (χ2n) is 5.13. The van der Waals surface area contributed by atoms with Gasteiger partial charge in [-0.05, 0) is 32.1 Å². The quantitative estimate of drug-likeness (QED) is 0.743. The van der Waals surface area contributed by atoms with E-state index in [2.05, 4.69) is 0 Å². The molecule has 0 aromatic carbocycles. The van der Waals surface area contributed by atoms with Crippen LogP contribution in [0, 0.1) is 5.41 Å². The van der Waals surface area contributed by atoms with Crippen LogP contribution in [0.15, 0.2) is 0 Å². The van der Waals surface area contributed by atoms with E-state index in [1.54, 1.807) is 0 Å². The van der Waals surface area contributed by atoms with Crippen molar-refractivity contribution in [2.24, 2.45) is 11.1 Å². The Morgan fingerprint density at radius 3 is 2.40 bits per heavy atom. The normalized spacial score (nSPS) is 40.0. The van der Waals surface area contributed by atoms with Gasteiger partial charge in [-0.3, -0.25) is 0 Å². The molecule has 2 heterocycles. The molecule has 0 spiro atoms. The van der Waals surface area contributed by atoms with Crippen LogP contribution in [0.25, 0.3) is 0 Å². The number of aliphatic hydroxyl groups is 1. The van der Waals surface area contributed by atoms with Crippen LogP contribution in [0.1, 0.15) is 46.0 Å². The number of hydrogen-bond acceptors (Lipinski definition) is 3. The van der Waals surface area contributed by atoms with Crippen LogP contribution in [-0.2, 0) is 4.74 Å². The Kier molecular flexibility index (Phi) is 2.82. The minimum absolute atomic E-state index is 0.181. The molecule has 15 heavy (non-hydrogen) atoms. The third kappa shape index (κ3) is 1.37. The van der Waals surface area contributed by atoms with Crippen LogP contribution in [0.2, 0.25) is 0 Å². The van der Waals surface area contributed by atoms with Crippen molar-refractivity contribution in [3.8, 4) is 0 Å². The van der Waals surface area contributed by atoms with E-state index >= 15 is 0 Å². The Hall–Kier alpha value is -0.120. The smallest absolute Gasteiger partial charge is 0.0736 e. The van der Waals surface area contributed by atoms with Crippen molar-refractivity contribution in [2.75, 3.05) is 6.54 Å². The maximum atomic E-state index is 10.7. The molecule has 3 unspecified atom stereocenters. The fourth-order valence-corrected chi connectivity index (χ4v) is 3.65. The summed E-state index contributed by atoms with van der Waals surface area (Å²) in [6, 6.07) is 0. The Bertz CT molecular complexity index is 240. The fraction of sp³-hybridized carbons (Fsp3) is 1.00. The van der Waals surface area contributed by atoms with Gasteiger partial charge in [0, 0.05) is 12.0 Å². The van der Waals surface area contributed by atoms with Crippen LogP contribution < -0.4 is 5.73 Å². The van der Waals surface area contributed by atoms with Gasteiger partial charge < -0.3 is 15.6 Å². The maximum Gasteiger partial charge on any atom is 0.0736 e. The number of ether oxygens (including phenoxy) is 1. The van der Waals surface area contributed by atoms with E-state index in [0.29, 0.717) is 12.6 Å². The first-order valence-electron chi connectivity index (χ1n) is 6.20. The zero-order chi connectivity index (χ0) is 11.1. The first-order valence-corrected chi connectivity index (χ1v) is 6.20. The predicted molar refractivity (Wildman–Crippen MR) is 59.5 cm³/mol. The molecule has 0 radical (unpaired) electrons. The lowest BCUT2D eigenvalue weighted by molar-refractivity contribution is -0.116. The van der Waals surface area contributed by atoms with E-state index in [4.69, 9.17) is 10.5 Å². The average Bonchev–Trinajstić information content (AvgIpc) is 2.88. The molecule has 0 aromatic heterocycles. The third-order valence-electron chi connectivity index (χ3n) is 4.78. The summed E-state index contributed by atoms with van der Waals surface area (Å²) in [5.41, 5.74) is 5.13. The molecule has 3 N–H and O–H groups in total. The van der Waals surface area contributed by atoms with Gasteiger partial charge in [-0.25, -0.2) is 0 Å². The van der Waals surface area contributed by atoms with Gasteiger partial charge >= 0.3 is 0 Å². The van der Waals surface area contributed by atoms with Crippen LogP contribution in [0.4, 0.5) is 0 Å². The Morgan fingerprint density at radius 1 is 1.40 bits per heavy atom.